The Hall–Kier alpha value is -1.88. The van der Waals surface area contributed by atoms with E-state index in [1.54, 1.807) is 23.1 Å². The zero-order chi connectivity index (χ0) is 15.0. The highest BCUT2D eigenvalue weighted by atomic mass is 16.4. The summed E-state index contributed by atoms with van der Waals surface area (Å²) in [4.78, 5) is 25.6. The quantitative estimate of drug-likeness (QED) is 0.868. The lowest BCUT2D eigenvalue weighted by Gasteiger charge is -2.32. The Balaban J connectivity index is 1.83. The number of hydrogen-bond acceptors (Lipinski definition) is 3. The molecule has 2 aliphatic heterocycles. The summed E-state index contributed by atoms with van der Waals surface area (Å²) < 4.78 is 0. The summed E-state index contributed by atoms with van der Waals surface area (Å²) in [6, 6.07) is 4.90. The number of nitrogens with zero attached hydrogens (tertiary/aromatic N) is 1. The first-order valence-electron chi connectivity index (χ1n) is 7.49. The molecule has 1 saturated heterocycles. The molecule has 2 N–H and O–H groups in total. The van der Waals surface area contributed by atoms with Crippen LogP contribution in [0.1, 0.15) is 35.7 Å². The standard InChI is InChI=1S/C16H20N2O3/c1-10-3-2-7-17-14(10)15(19)18-8-6-11-9-12(16(20)21)4-5-13(11)18/h4-5,9-10,14,17H,2-3,6-8H2,1H3,(H,20,21). The van der Waals surface area contributed by atoms with E-state index in [1.807, 2.05) is 0 Å². The first-order valence-corrected chi connectivity index (χ1v) is 7.49. The molecule has 21 heavy (non-hydrogen) atoms. The fourth-order valence-corrected chi connectivity index (χ4v) is 3.31. The van der Waals surface area contributed by atoms with E-state index in [-0.39, 0.29) is 17.5 Å². The number of anilines is 1. The second-order valence-corrected chi connectivity index (χ2v) is 5.94. The minimum atomic E-state index is -0.926. The molecule has 0 aliphatic carbocycles. The van der Waals surface area contributed by atoms with Crippen molar-refractivity contribution in [3.8, 4) is 0 Å². The van der Waals surface area contributed by atoms with Crippen LogP contribution in [-0.2, 0) is 11.2 Å². The monoisotopic (exact) mass is 288 g/mol. The second kappa shape index (κ2) is 5.48. The van der Waals surface area contributed by atoms with Crippen LogP contribution in [0.4, 0.5) is 5.69 Å². The van der Waals surface area contributed by atoms with Crippen LogP contribution in [0.2, 0.25) is 0 Å². The molecule has 1 aromatic rings. The number of hydrogen-bond donors (Lipinski definition) is 2. The van der Waals surface area contributed by atoms with Crippen molar-refractivity contribution >= 4 is 17.6 Å². The molecule has 0 saturated carbocycles. The number of rotatable bonds is 2. The minimum Gasteiger partial charge on any atom is -0.478 e. The molecule has 0 bridgehead atoms. The molecule has 0 spiro atoms. The molecule has 1 aromatic carbocycles. The van der Waals surface area contributed by atoms with Crippen molar-refractivity contribution in [3.63, 3.8) is 0 Å². The van der Waals surface area contributed by atoms with Gasteiger partial charge in [0, 0.05) is 12.2 Å². The number of carbonyl (C=O) groups excluding carboxylic acids is 1. The van der Waals surface area contributed by atoms with Crippen LogP contribution in [0, 0.1) is 5.92 Å². The molecule has 3 rings (SSSR count). The second-order valence-electron chi connectivity index (χ2n) is 5.94. The molecule has 0 aromatic heterocycles. The minimum absolute atomic E-state index is 0.115. The number of fused-ring (bicyclic) bond motifs is 1. The van der Waals surface area contributed by atoms with E-state index in [2.05, 4.69) is 12.2 Å². The molecule has 2 aliphatic rings. The van der Waals surface area contributed by atoms with Crippen LogP contribution in [-0.4, -0.2) is 36.1 Å². The Morgan fingerprint density at radius 3 is 2.90 bits per heavy atom. The number of piperidine rings is 1. The van der Waals surface area contributed by atoms with Crippen LogP contribution < -0.4 is 10.2 Å². The van der Waals surface area contributed by atoms with Crippen LogP contribution >= 0.6 is 0 Å². The van der Waals surface area contributed by atoms with E-state index in [1.165, 1.54) is 0 Å². The average molecular weight is 288 g/mol. The van der Waals surface area contributed by atoms with Gasteiger partial charge < -0.3 is 15.3 Å². The number of carboxylic acid groups (broad SMARTS) is 1. The maximum atomic E-state index is 12.7. The van der Waals surface area contributed by atoms with Gasteiger partial charge in [-0.1, -0.05) is 6.92 Å². The molecule has 0 radical (unpaired) electrons. The summed E-state index contributed by atoms with van der Waals surface area (Å²) in [5.41, 5.74) is 2.10. The Morgan fingerprint density at radius 1 is 1.38 bits per heavy atom. The first-order chi connectivity index (χ1) is 10.1. The number of aromatic carboxylic acids is 1. The van der Waals surface area contributed by atoms with Crippen LogP contribution in [0.25, 0.3) is 0 Å². The fourth-order valence-electron chi connectivity index (χ4n) is 3.31. The van der Waals surface area contributed by atoms with Gasteiger partial charge in [0.2, 0.25) is 5.91 Å². The fraction of sp³-hybridized carbons (Fsp3) is 0.500. The maximum absolute atomic E-state index is 12.7. The van der Waals surface area contributed by atoms with Crippen molar-refractivity contribution in [2.24, 2.45) is 5.92 Å². The molecule has 2 unspecified atom stereocenters. The van der Waals surface area contributed by atoms with E-state index in [9.17, 15) is 9.59 Å². The number of carboxylic acids is 1. The molecular weight excluding hydrogens is 268 g/mol. The predicted octanol–water partition coefficient (Wildman–Crippen LogP) is 1.66. The summed E-state index contributed by atoms with van der Waals surface area (Å²) in [5.74, 6) is -0.470. The smallest absolute Gasteiger partial charge is 0.335 e. The lowest BCUT2D eigenvalue weighted by molar-refractivity contribution is -0.122. The third-order valence-corrected chi connectivity index (χ3v) is 4.52. The Labute approximate surface area is 123 Å². The molecule has 112 valence electrons. The van der Waals surface area contributed by atoms with Crippen molar-refractivity contribution in [2.45, 2.75) is 32.2 Å². The summed E-state index contributed by atoms with van der Waals surface area (Å²) in [7, 11) is 0. The number of benzene rings is 1. The molecule has 5 heteroatoms. The Bertz CT molecular complexity index is 585. The molecule has 1 fully saturated rings. The van der Waals surface area contributed by atoms with E-state index in [4.69, 9.17) is 5.11 Å². The summed E-state index contributed by atoms with van der Waals surface area (Å²) in [6.07, 6.45) is 2.91. The first kappa shape index (κ1) is 14.1. The van der Waals surface area contributed by atoms with Crippen molar-refractivity contribution in [1.82, 2.24) is 5.32 Å². The van der Waals surface area contributed by atoms with Crippen molar-refractivity contribution in [1.29, 1.82) is 0 Å². The molecule has 5 nitrogen and oxygen atoms in total. The van der Waals surface area contributed by atoms with Crippen LogP contribution in [0.3, 0.4) is 0 Å². The normalized spacial score (nSPS) is 24.7. The largest absolute Gasteiger partial charge is 0.478 e. The van der Waals surface area contributed by atoms with E-state index < -0.39 is 5.97 Å². The van der Waals surface area contributed by atoms with Crippen LogP contribution in [0.15, 0.2) is 18.2 Å². The average Bonchev–Trinajstić information content (AvgIpc) is 2.90. The summed E-state index contributed by atoms with van der Waals surface area (Å²) in [5, 5.41) is 12.4. The number of carbonyl (C=O) groups is 2. The van der Waals surface area contributed by atoms with Gasteiger partial charge in [-0.3, -0.25) is 4.79 Å². The molecule has 2 atom stereocenters. The highest BCUT2D eigenvalue weighted by Gasteiger charge is 2.34. The van der Waals surface area contributed by atoms with Gasteiger partial charge in [0.1, 0.15) is 0 Å². The van der Waals surface area contributed by atoms with Crippen molar-refractivity contribution in [2.75, 3.05) is 18.0 Å². The van der Waals surface area contributed by atoms with Gasteiger partial charge in [-0.25, -0.2) is 4.79 Å². The number of amides is 1. The SMILES string of the molecule is CC1CCCNC1C(=O)N1CCc2cc(C(=O)O)ccc21. The Kier molecular flexibility index (Phi) is 3.68. The van der Waals surface area contributed by atoms with Gasteiger partial charge in [-0.05, 0) is 55.5 Å². The molecule has 1 amide bonds. The van der Waals surface area contributed by atoms with Gasteiger partial charge >= 0.3 is 5.97 Å². The Morgan fingerprint density at radius 2 is 2.19 bits per heavy atom. The molecular formula is C16H20N2O3. The number of nitrogens with one attached hydrogen (secondary N) is 1. The van der Waals surface area contributed by atoms with Gasteiger partial charge in [-0.2, -0.15) is 0 Å². The highest BCUT2D eigenvalue weighted by Crippen LogP contribution is 2.31. The van der Waals surface area contributed by atoms with Crippen molar-refractivity contribution in [3.05, 3.63) is 29.3 Å². The van der Waals surface area contributed by atoms with Gasteiger partial charge in [0.25, 0.3) is 0 Å². The summed E-state index contributed by atoms with van der Waals surface area (Å²) >= 11 is 0. The van der Waals surface area contributed by atoms with E-state index in [0.29, 0.717) is 12.5 Å². The van der Waals surface area contributed by atoms with E-state index >= 15 is 0 Å². The lowest BCUT2D eigenvalue weighted by Crippen LogP contribution is -2.52. The lowest BCUT2D eigenvalue weighted by atomic mass is 9.92. The van der Waals surface area contributed by atoms with E-state index in [0.717, 1.165) is 37.1 Å². The summed E-state index contributed by atoms with van der Waals surface area (Å²) in [6.45, 7) is 3.64. The van der Waals surface area contributed by atoms with Gasteiger partial charge in [0.15, 0.2) is 0 Å². The maximum Gasteiger partial charge on any atom is 0.335 e. The van der Waals surface area contributed by atoms with Crippen molar-refractivity contribution < 1.29 is 14.7 Å². The van der Waals surface area contributed by atoms with Gasteiger partial charge in [-0.15, -0.1) is 0 Å². The third-order valence-electron chi connectivity index (χ3n) is 4.52. The predicted molar refractivity (Wildman–Crippen MR) is 79.6 cm³/mol. The topological polar surface area (TPSA) is 69.6 Å². The highest BCUT2D eigenvalue weighted by molar-refractivity contribution is 6.00. The third kappa shape index (κ3) is 2.53. The zero-order valence-corrected chi connectivity index (χ0v) is 12.1. The molecule has 2 heterocycles. The van der Waals surface area contributed by atoms with Gasteiger partial charge in [0.05, 0.1) is 11.6 Å². The van der Waals surface area contributed by atoms with Crippen LogP contribution in [0.5, 0.6) is 0 Å². The zero-order valence-electron chi connectivity index (χ0n) is 12.1.